The zero-order valence-electron chi connectivity index (χ0n) is 15.8. The predicted molar refractivity (Wildman–Crippen MR) is 121 cm³/mol. The molecule has 8 heteroatoms. The molecule has 2 aromatic rings. The summed E-state index contributed by atoms with van der Waals surface area (Å²) in [5.41, 5.74) is 1.81. The number of hydrogen-bond acceptors (Lipinski definition) is 4. The van der Waals surface area contributed by atoms with Gasteiger partial charge in [-0.2, -0.15) is 0 Å². The van der Waals surface area contributed by atoms with E-state index >= 15 is 0 Å². The van der Waals surface area contributed by atoms with E-state index in [1.165, 1.54) is 0 Å². The molecule has 0 aliphatic rings. The lowest BCUT2D eigenvalue weighted by Gasteiger charge is -2.13. The number of halogens is 4. The summed E-state index contributed by atoms with van der Waals surface area (Å²) in [5.74, 6) is 1.27. The molecule has 2 rings (SSSR count). The van der Waals surface area contributed by atoms with Crippen LogP contribution < -0.4 is 9.47 Å². The molecule has 0 N–H and O–H groups in total. The average molecular weight is 477 g/mol. The molecule has 0 spiro atoms. The van der Waals surface area contributed by atoms with Gasteiger partial charge in [-0.05, 0) is 55.2 Å². The van der Waals surface area contributed by atoms with E-state index < -0.39 is 0 Å². The maximum atomic E-state index is 6.30. The largest absolute Gasteiger partial charge is 0.492 e. The molecule has 0 saturated carbocycles. The van der Waals surface area contributed by atoms with Crippen molar-refractivity contribution in [3.05, 3.63) is 68.1 Å². The van der Waals surface area contributed by atoms with E-state index in [0.717, 1.165) is 24.0 Å². The highest BCUT2D eigenvalue weighted by Crippen LogP contribution is 2.33. The molecule has 0 atom stereocenters. The molecule has 156 valence electrons. The van der Waals surface area contributed by atoms with Gasteiger partial charge in [-0.15, -0.1) is 0 Å². The number of oxime groups is 1. The number of benzene rings is 2. The van der Waals surface area contributed by atoms with E-state index in [4.69, 9.17) is 60.7 Å². The summed E-state index contributed by atoms with van der Waals surface area (Å²) in [6, 6.07) is 10.9. The Morgan fingerprint density at radius 3 is 2.41 bits per heavy atom. The Labute approximate surface area is 190 Å². The van der Waals surface area contributed by atoms with E-state index in [1.54, 1.807) is 30.5 Å². The maximum Gasteiger partial charge on any atom is 0.141 e. The fourth-order valence-electron chi connectivity index (χ4n) is 2.31. The zero-order valence-corrected chi connectivity index (χ0v) is 18.9. The standard InChI is InChI=1S/C21H21Cl4NO3/c1-15-12-18(27-11-8-20(24)25)13-19(23)21(15)28-9-2-3-10-29-26-14-16-4-6-17(22)7-5-16/h4-8,12-14H,2-3,9-11H2,1H3/b26-14+. The van der Waals surface area contributed by atoms with Gasteiger partial charge in [-0.1, -0.05) is 63.7 Å². The summed E-state index contributed by atoms with van der Waals surface area (Å²) < 4.78 is 11.5. The number of unbranched alkanes of at least 4 members (excludes halogenated alkanes) is 1. The Hall–Kier alpha value is -1.59. The second-order valence-electron chi connectivity index (χ2n) is 6.03. The second kappa shape index (κ2) is 12.9. The van der Waals surface area contributed by atoms with Crippen molar-refractivity contribution in [3.8, 4) is 11.5 Å². The van der Waals surface area contributed by atoms with Crippen LogP contribution in [0.4, 0.5) is 0 Å². The first-order valence-electron chi connectivity index (χ1n) is 8.93. The number of aryl methyl sites for hydroxylation is 1. The summed E-state index contributed by atoms with van der Waals surface area (Å²) >= 11 is 23.2. The van der Waals surface area contributed by atoms with Crippen molar-refractivity contribution in [1.82, 2.24) is 0 Å². The Bertz CT molecular complexity index is 811. The van der Waals surface area contributed by atoms with Crippen LogP contribution >= 0.6 is 46.4 Å². The highest BCUT2D eigenvalue weighted by Gasteiger charge is 2.09. The van der Waals surface area contributed by atoms with E-state index in [0.29, 0.717) is 34.8 Å². The van der Waals surface area contributed by atoms with Crippen LogP contribution in [-0.4, -0.2) is 26.0 Å². The van der Waals surface area contributed by atoms with Crippen LogP contribution in [0.1, 0.15) is 24.0 Å². The van der Waals surface area contributed by atoms with Crippen molar-refractivity contribution in [1.29, 1.82) is 0 Å². The van der Waals surface area contributed by atoms with Crippen LogP contribution in [0.15, 0.2) is 52.1 Å². The summed E-state index contributed by atoms with van der Waals surface area (Å²) in [6.07, 6.45) is 4.82. The lowest BCUT2D eigenvalue weighted by Crippen LogP contribution is -2.02. The fourth-order valence-corrected chi connectivity index (χ4v) is 2.87. The van der Waals surface area contributed by atoms with Crippen LogP contribution in [0, 0.1) is 6.92 Å². The Morgan fingerprint density at radius 1 is 1.00 bits per heavy atom. The first-order chi connectivity index (χ1) is 14.0. The van der Waals surface area contributed by atoms with E-state index in [1.807, 2.05) is 25.1 Å². The monoisotopic (exact) mass is 475 g/mol. The summed E-state index contributed by atoms with van der Waals surface area (Å²) in [6.45, 7) is 3.20. The number of nitrogens with zero attached hydrogens (tertiary/aromatic N) is 1. The topological polar surface area (TPSA) is 40.0 Å². The Kier molecular flexibility index (Phi) is 10.5. The molecule has 29 heavy (non-hydrogen) atoms. The number of ether oxygens (including phenoxy) is 2. The smallest absolute Gasteiger partial charge is 0.141 e. The molecule has 0 aromatic heterocycles. The molecule has 2 aromatic carbocycles. The van der Waals surface area contributed by atoms with Gasteiger partial charge < -0.3 is 14.3 Å². The molecule has 0 radical (unpaired) electrons. The zero-order chi connectivity index (χ0) is 21.1. The molecule has 0 saturated heterocycles. The molecule has 0 aliphatic heterocycles. The third kappa shape index (κ3) is 9.18. The molecule has 0 aliphatic carbocycles. The molecule has 0 amide bonds. The average Bonchev–Trinajstić information content (AvgIpc) is 2.66. The van der Waals surface area contributed by atoms with Crippen LogP contribution in [0.3, 0.4) is 0 Å². The number of rotatable bonds is 11. The van der Waals surface area contributed by atoms with E-state index in [2.05, 4.69) is 5.16 Å². The van der Waals surface area contributed by atoms with Crippen LogP contribution in [0.5, 0.6) is 11.5 Å². The molecule has 0 unspecified atom stereocenters. The van der Waals surface area contributed by atoms with Gasteiger partial charge in [0.2, 0.25) is 0 Å². The van der Waals surface area contributed by atoms with Gasteiger partial charge in [-0.3, -0.25) is 0 Å². The first-order valence-corrected chi connectivity index (χ1v) is 10.4. The Morgan fingerprint density at radius 2 is 1.72 bits per heavy atom. The van der Waals surface area contributed by atoms with Gasteiger partial charge in [0.1, 0.15) is 29.2 Å². The SMILES string of the molecule is Cc1cc(OCC=C(Cl)Cl)cc(Cl)c1OCCCCO/N=C/c1ccc(Cl)cc1. The third-order valence-electron chi connectivity index (χ3n) is 3.71. The summed E-state index contributed by atoms with van der Waals surface area (Å²) in [5, 5.41) is 5.12. The van der Waals surface area contributed by atoms with Crippen molar-refractivity contribution in [3.63, 3.8) is 0 Å². The highest BCUT2D eigenvalue weighted by molar-refractivity contribution is 6.55. The Balaban J connectivity index is 1.68. The van der Waals surface area contributed by atoms with Crippen LogP contribution in [0.25, 0.3) is 0 Å². The second-order valence-corrected chi connectivity index (χ2v) is 7.88. The summed E-state index contributed by atoms with van der Waals surface area (Å²) in [4.78, 5) is 5.25. The van der Waals surface area contributed by atoms with Gasteiger partial charge in [0, 0.05) is 11.1 Å². The maximum absolute atomic E-state index is 6.30. The van der Waals surface area contributed by atoms with Gasteiger partial charge in [-0.25, -0.2) is 0 Å². The quantitative estimate of drug-likeness (QED) is 0.195. The van der Waals surface area contributed by atoms with Crippen LogP contribution in [0.2, 0.25) is 10.0 Å². The van der Waals surface area contributed by atoms with Gasteiger partial charge in [0.15, 0.2) is 0 Å². The van der Waals surface area contributed by atoms with Gasteiger partial charge in [0.05, 0.1) is 17.8 Å². The van der Waals surface area contributed by atoms with E-state index in [-0.39, 0.29) is 11.1 Å². The summed E-state index contributed by atoms with van der Waals surface area (Å²) in [7, 11) is 0. The minimum absolute atomic E-state index is 0.160. The minimum Gasteiger partial charge on any atom is -0.492 e. The normalized spacial score (nSPS) is 10.8. The first kappa shape index (κ1) is 23.7. The fraction of sp³-hybridized carbons (Fsp3) is 0.286. The molecule has 4 nitrogen and oxygen atoms in total. The van der Waals surface area contributed by atoms with Gasteiger partial charge in [0.25, 0.3) is 0 Å². The highest BCUT2D eigenvalue weighted by atomic mass is 35.5. The van der Waals surface area contributed by atoms with Crippen molar-refractivity contribution in [2.45, 2.75) is 19.8 Å². The predicted octanol–water partition coefficient (Wildman–Crippen LogP) is 7.21. The van der Waals surface area contributed by atoms with Crippen molar-refractivity contribution in [2.75, 3.05) is 19.8 Å². The lowest BCUT2D eigenvalue weighted by atomic mass is 10.2. The van der Waals surface area contributed by atoms with Crippen molar-refractivity contribution in [2.24, 2.45) is 5.16 Å². The lowest BCUT2D eigenvalue weighted by molar-refractivity contribution is 0.137. The molecule has 0 fully saturated rings. The van der Waals surface area contributed by atoms with Crippen molar-refractivity contribution < 1.29 is 14.3 Å². The molecule has 0 heterocycles. The molecular weight excluding hydrogens is 456 g/mol. The van der Waals surface area contributed by atoms with Crippen LogP contribution in [-0.2, 0) is 4.84 Å². The number of hydrogen-bond donors (Lipinski definition) is 0. The molecular formula is C21H21Cl4NO3. The molecule has 0 bridgehead atoms. The van der Waals surface area contributed by atoms with Gasteiger partial charge >= 0.3 is 0 Å². The van der Waals surface area contributed by atoms with Crippen molar-refractivity contribution >= 4 is 52.6 Å². The third-order valence-corrected chi connectivity index (χ3v) is 4.55. The van der Waals surface area contributed by atoms with E-state index in [9.17, 15) is 0 Å². The minimum atomic E-state index is 0.160.